The molecule has 2 aromatic rings. The second-order valence-electron chi connectivity index (χ2n) is 4.94. The van der Waals surface area contributed by atoms with Crippen LogP contribution in [0.25, 0.3) is 11.0 Å². The Bertz CT molecular complexity index is 550. The number of rotatable bonds is 6. The third-order valence-electron chi connectivity index (χ3n) is 3.38. The van der Waals surface area contributed by atoms with Crippen molar-refractivity contribution in [1.82, 2.24) is 20.1 Å². The lowest BCUT2D eigenvalue weighted by molar-refractivity contribution is 0.647. The number of aromatic nitrogens is 3. The Hall–Kier alpha value is -1.07. The highest BCUT2D eigenvalue weighted by atomic mass is 32.2. The van der Waals surface area contributed by atoms with Gasteiger partial charge in [-0.1, -0.05) is 6.92 Å². The predicted octanol–water partition coefficient (Wildman–Crippen LogP) is 2.51. The summed E-state index contributed by atoms with van der Waals surface area (Å²) in [6.07, 6.45) is 5.30. The van der Waals surface area contributed by atoms with Gasteiger partial charge in [-0.2, -0.15) is 16.9 Å². The Kier molecular flexibility index (Phi) is 4.82. The van der Waals surface area contributed by atoms with Gasteiger partial charge in [-0.05, 0) is 37.8 Å². The number of fused-ring (bicyclic) bond motifs is 1. The van der Waals surface area contributed by atoms with E-state index >= 15 is 0 Å². The Morgan fingerprint density at radius 1 is 1.47 bits per heavy atom. The number of pyridine rings is 1. The molecule has 1 unspecified atom stereocenters. The van der Waals surface area contributed by atoms with E-state index in [4.69, 9.17) is 0 Å². The van der Waals surface area contributed by atoms with E-state index in [9.17, 15) is 0 Å². The molecule has 1 atom stereocenters. The third-order valence-corrected chi connectivity index (χ3v) is 4.42. The summed E-state index contributed by atoms with van der Waals surface area (Å²) in [5, 5.41) is 9.74. The monoisotopic (exact) mass is 278 g/mol. The van der Waals surface area contributed by atoms with Crippen molar-refractivity contribution in [2.45, 2.75) is 32.1 Å². The maximum Gasteiger partial charge on any atom is 0.157 e. The van der Waals surface area contributed by atoms with Gasteiger partial charge in [0.05, 0.1) is 5.69 Å². The molecule has 1 N–H and O–H groups in total. The topological polar surface area (TPSA) is 42.7 Å². The fraction of sp³-hybridized carbons (Fsp3) is 0.571. The standard InChI is InChI=1S/C14H22N4S/c1-10(19-4)5-6-15-8-12-7-13-11(2)17-18(3)14(13)16-9-12/h7,9-10,15H,5-6,8H2,1-4H3. The summed E-state index contributed by atoms with van der Waals surface area (Å²) in [6, 6.07) is 2.19. The third kappa shape index (κ3) is 3.48. The van der Waals surface area contributed by atoms with Crippen molar-refractivity contribution in [2.24, 2.45) is 7.05 Å². The molecule has 0 fully saturated rings. The molecule has 2 aromatic heterocycles. The first kappa shape index (κ1) is 14.3. The van der Waals surface area contributed by atoms with Gasteiger partial charge in [-0.25, -0.2) is 4.98 Å². The minimum Gasteiger partial charge on any atom is -0.313 e. The van der Waals surface area contributed by atoms with Crippen LogP contribution in [0.3, 0.4) is 0 Å². The van der Waals surface area contributed by atoms with Crippen molar-refractivity contribution >= 4 is 22.8 Å². The molecule has 104 valence electrons. The van der Waals surface area contributed by atoms with Crippen molar-refractivity contribution in [2.75, 3.05) is 12.8 Å². The van der Waals surface area contributed by atoms with Gasteiger partial charge in [-0.15, -0.1) is 0 Å². The van der Waals surface area contributed by atoms with Crippen LogP contribution in [0.4, 0.5) is 0 Å². The van der Waals surface area contributed by atoms with Crippen LogP contribution in [0.15, 0.2) is 12.3 Å². The molecule has 4 nitrogen and oxygen atoms in total. The van der Waals surface area contributed by atoms with Gasteiger partial charge < -0.3 is 5.32 Å². The second kappa shape index (κ2) is 6.39. The van der Waals surface area contributed by atoms with Gasteiger partial charge in [0, 0.05) is 30.4 Å². The quantitative estimate of drug-likeness (QED) is 0.825. The fourth-order valence-corrected chi connectivity index (χ4v) is 2.46. The Morgan fingerprint density at radius 3 is 3.00 bits per heavy atom. The maximum atomic E-state index is 4.49. The zero-order chi connectivity index (χ0) is 13.8. The predicted molar refractivity (Wildman–Crippen MR) is 82.5 cm³/mol. The Balaban J connectivity index is 1.96. The summed E-state index contributed by atoms with van der Waals surface area (Å²) < 4.78 is 1.84. The van der Waals surface area contributed by atoms with E-state index in [1.165, 1.54) is 12.0 Å². The van der Waals surface area contributed by atoms with Crippen LogP contribution in [-0.2, 0) is 13.6 Å². The first-order valence-electron chi connectivity index (χ1n) is 6.63. The molecular formula is C14H22N4S. The lowest BCUT2D eigenvalue weighted by Crippen LogP contribution is -2.17. The SMILES string of the molecule is CSC(C)CCNCc1cnc2c(c1)c(C)nn2C. The minimum atomic E-state index is 0.716. The molecule has 0 saturated heterocycles. The molecule has 0 saturated carbocycles. The van der Waals surface area contributed by atoms with Gasteiger partial charge in [0.15, 0.2) is 5.65 Å². The molecule has 0 aliphatic rings. The molecule has 0 aliphatic carbocycles. The molecule has 19 heavy (non-hydrogen) atoms. The highest BCUT2D eigenvalue weighted by molar-refractivity contribution is 7.99. The number of hydrogen-bond acceptors (Lipinski definition) is 4. The summed E-state index contributed by atoms with van der Waals surface area (Å²) in [4.78, 5) is 4.49. The van der Waals surface area contributed by atoms with Crippen LogP contribution >= 0.6 is 11.8 Å². The Morgan fingerprint density at radius 2 is 2.26 bits per heavy atom. The lowest BCUT2D eigenvalue weighted by Gasteiger charge is -2.09. The summed E-state index contributed by atoms with van der Waals surface area (Å²) in [6.45, 7) is 6.21. The summed E-state index contributed by atoms with van der Waals surface area (Å²) >= 11 is 1.91. The van der Waals surface area contributed by atoms with Gasteiger partial charge in [0.25, 0.3) is 0 Å². The van der Waals surface area contributed by atoms with E-state index in [0.717, 1.165) is 29.8 Å². The largest absolute Gasteiger partial charge is 0.313 e. The molecule has 2 heterocycles. The Labute approximate surface area is 119 Å². The van der Waals surface area contributed by atoms with Gasteiger partial charge in [-0.3, -0.25) is 4.68 Å². The molecule has 0 spiro atoms. The smallest absolute Gasteiger partial charge is 0.157 e. The average Bonchev–Trinajstić information content (AvgIpc) is 2.69. The van der Waals surface area contributed by atoms with Gasteiger partial charge in [0.1, 0.15) is 0 Å². The van der Waals surface area contributed by atoms with E-state index in [1.807, 2.05) is 36.6 Å². The number of hydrogen-bond donors (Lipinski definition) is 1. The van der Waals surface area contributed by atoms with Crippen LogP contribution in [0.1, 0.15) is 24.6 Å². The van der Waals surface area contributed by atoms with Gasteiger partial charge in [0.2, 0.25) is 0 Å². The highest BCUT2D eigenvalue weighted by Gasteiger charge is 2.06. The van der Waals surface area contributed by atoms with Crippen LogP contribution in [0.2, 0.25) is 0 Å². The highest BCUT2D eigenvalue weighted by Crippen LogP contribution is 2.16. The van der Waals surface area contributed by atoms with E-state index in [0.29, 0.717) is 5.25 Å². The van der Waals surface area contributed by atoms with Crippen molar-refractivity contribution in [3.63, 3.8) is 0 Å². The lowest BCUT2D eigenvalue weighted by atomic mass is 10.2. The van der Waals surface area contributed by atoms with Crippen molar-refractivity contribution in [1.29, 1.82) is 0 Å². The van der Waals surface area contributed by atoms with E-state index < -0.39 is 0 Å². The number of nitrogens with zero attached hydrogens (tertiary/aromatic N) is 3. The summed E-state index contributed by atoms with van der Waals surface area (Å²) in [5.74, 6) is 0. The average molecular weight is 278 g/mol. The molecular weight excluding hydrogens is 256 g/mol. The van der Waals surface area contributed by atoms with Gasteiger partial charge >= 0.3 is 0 Å². The summed E-state index contributed by atoms with van der Waals surface area (Å²) in [7, 11) is 1.93. The van der Waals surface area contributed by atoms with E-state index in [2.05, 4.69) is 34.6 Å². The van der Waals surface area contributed by atoms with Crippen molar-refractivity contribution in [3.8, 4) is 0 Å². The molecule has 0 aromatic carbocycles. The van der Waals surface area contributed by atoms with E-state index in [1.54, 1.807) is 0 Å². The van der Waals surface area contributed by atoms with Crippen LogP contribution in [0.5, 0.6) is 0 Å². The number of nitrogens with one attached hydrogen (secondary N) is 1. The van der Waals surface area contributed by atoms with E-state index in [-0.39, 0.29) is 0 Å². The minimum absolute atomic E-state index is 0.716. The summed E-state index contributed by atoms with van der Waals surface area (Å²) in [5.41, 5.74) is 3.22. The fourth-order valence-electron chi connectivity index (χ4n) is 2.10. The molecule has 5 heteroatoms. The maximum absolute atomic E-state index is 4.49. The van der Waals surface area contributed by atoms with Crippen molar-refractivity contribution < 1.29 is 0 Å². The first-order valence-corrected chi connectivity index (χ1v) is 7.92. The zero-order valence-corrected chi connectivity index (χ0v) is 12.9. The molecule has 0 bridgehead atoms. The van der Waals surface area contributed by atoms with Crippen LogP contribution in [0, 0.1) is 6.92 Å². The molecule has 0 amide bonds. The molecule has 0 radical (unpaired) electrons. The molecule has 0 aliphatic heterocycles. The van der Waals surface area contributed by atoms with Crippen LogP contribution < -0.4 is 5.32 Å². The molecule has 2 rings (SSSR count). The number of aryl methyl sites for hydroxylation is 2. The first-order chi connectivity index (χ1) is 9.11. The second-order valence-corrected chi connectivity index (χ2v) is 6.21. The van der Waals surface area contributed by atoms with Crippen LogP contribution in [-0.4, -0.2) is 32.8 Å². The normalized spacial score (nSPS) is 13.1. The zero-order valence-electron chi connectivity index (χ0n) is 12.1. The van der Waals surface area contributed by atoms with Crippen molar-refractivity contribution in [3.05, 3.63) is 23.5 Å². The number of thioether (sulfide) groups is 1.